The molecule has 130 valence electrons. The molecule has 2 heterocycles. The SMILES string of the molecule is O=C(COc1cccc(N2CCCC2=O)c1)N1CCOC(CF)C1. The van der Waals surface area contributed by atoms with Crippen molar-refractivity contribution in [1.82, 2.24) is 4.90 Å². The molecule has 1 unspecified atom stereocenters. The van der Waals surface area contributed by atoms with Gasteiger partial charge in [0.05, 0.1) is 6.61 Å². The quantitative estimate of drug-likeness (QED) is 0.815. The van der Waals surface area contributed by atoms with Crippen molar-refractivity contribution in [3.05, 3.63) is 24.3 Å². The second-order valence-corrected chi connectivity index (χ2v) is 5.92. The van der Waals surface area contributed by atoms with Crippen molar-refractivity contribution in [3.63, 3.8) is 0 Å². The second-order valence-electron chi connectivity index (χ2n) is 5.92. The van der Waals surface area contributed by atoms with E-state index >= 15 is 0 Å². The summed E-state index contributed by atoms with van der Waals surface area (Å²) in [6, 6.07) is 7.17. The number of carbonyl (C=O) groups excluding carboxylic acids is 2. The summed E-state index contributed by atoms with van der Waals surface area (Å²) in [5, 5.41) is 0. The minimum absolute atomic E-state index is 0.105. The molecule has 0 spiro atoms. The lowest BCUT2D eigenvalue weighted by Gasteiger charge is -2.31. The maximum absolute atomic E-state index is 12.7. The van der Waals surface area contributed by atoms with Gasteiger partial charge in [-0.1, -0.05) is 6.07 Å². The largest absolute Gasteiger partial charge is 0.484 e. The minimum Gasteiger partial charge on any atom is -0.484 e. The Labute approximate surface area is 140 Å². The summed E-state index contributed by atoms with van der Waals surface area (Å²) in [4.78, 5) is 27.3. The Morgan fingerprint density at radius 2 is 2.25 bits per heavy atom. The summed E-state index contributed by atoms with van der Waals surface area (Å²) >= 11 is 0. The lowest BCUT2D eigenvalue weighted by atomic mass is 10.2. The molecule has 0 aliphatic carbocycles. The van der Waals surface area contributed by atoms with E-state index in [-0.39, 0.29) is 25.0 Å². The number of nitrogens with zero attached hydrogens (tertiary/aromatic N) is 2. The van der Waals surface area contributed by atoms with Crippen LogP contribution < -0.4 is 9.64 Å². The first-order valence-corrected chi connectivity index (χ1v) is 8.16. The molecule has 2 fully saturated rings. The van der Waals surface area contributed by atoms with Gasteiger partial charge in [-0.2, -0.15) is 0 Å². The number of amides is 2. The normalized spacial score (nSPS) is 21.2. The highest BCUT2D eigenvalue weighted by molar-refractivity contribution is 5.95. The van der Waals surface area contributed by atoms with Crippen LogP contribution in [0.3, 0.4) is 0 Å². The summed E-state index contributed by atoms with van der Waals surface area (Å²) in [5.41, 5.74) is 0.784. The summed E-state index contributed by atoms with van der Waals surface area (Å²) in [6.45, 7) is 1.03. The van der Waals surface area contributed by atoms with Crippen LogP contribution >= 0.6 is 0 Å². The van der Waals surface area contributed by atoms with Crippen LogP contribution in [0, 0.1) is 0 Å². The predicted molar refractivity (Wildman–Crippen MR) is 85.8 cm³/mol. The molecule has 7 heteroatoms. The number of alkyl halides is 1. The van der Waals surface area contributed by atoms with E-state index < -0.39 is 12.8 Å². The molecule has 2 aliphatic heterocycles. The van der Waals surface area contributed by atoms with E-state index in [2.05, 4.69) is 0 Å². The van der Waals surface area contributed by atoms with Gasteiger partial charge in [0.1, 0.15) is 18.5 Å². The van der Waals surface area contributed by atoms with Crippen LogP contribution in [0.2, 0.25) is 0 Å². The number of anilines is 1. The average molecular weight is 336 g/mol. The fourth-order valence-corrected chi connectivity index (χ4v) is 2.94. The van der Waals surface area contributed by atoms with Crippen molar-refractivity contribution in [1.29, 1.82) is 0 Å². The number of morpholine rings is 1. The molecule has 2 saturated heterocycles. The van der Waals surface area contributed by atoms with E-state index in [1.807, 2.05) is 6.07 Å². The molecule has 0 saturated carbocycles. The van der Waals surface area contributed by atoms with Crippen LogP contribution in [0.1, 0.15) is 12.8 Å². The zero-order valence-electron chi connectivity index (χ0n) is 13.4. The zero-order chi connectivity index (χ0) is 16.9. The minimum atomic E-state index is -0.601. The Kier molecular flexibility index (Phi) is 5.30. The van der Waals surface area contributed by atoms with Crippen LogP contribution in [0.15, 0.2) is 24.3 Å². The van der Waals surface area contributed by atoms with Gasteiger partial charge < -0.3 is 19.3 Å². The van der Waals surface area contributed by atoms with E-state index in [9.17, 15) is 14.0 Å². The van der Waals surface area contributed by atoms with Crippen LogP contribution in [0.4, 0.5) is 10.1 Å². The van der Waals surface area contributed by atoms with Gasteiger partial charge in [-0.25, -0.2) is 4.39 Å². The number of benzene rings is 1. The molecule has 0 N–H and O–H groups in total. The molecule has 3 rings (SSSR count). The Bertz CT molecular complexity index is 610. The van der Waals surface area contributed by atoms with Gasteiger partial charge in [0, 0.05) is 37.8 Å². The van der Waals surface area contributed by atoms with E-state index in [1.165, 1.54) is 0 Å². The van der Waals surface area contributed by atoms with Gasteiger partial charge in [-0.05, 0) is 18.6 Å². The third-order valence-corrected chi connectivity index (χ3v) is 4.23. The number of carbonyl (C=O) groups is 2. The third kappa shape index (κ3) is 3.84. The first-order valence-electron chi connectivity index (χ1n) is 8.16. The fourth-order valence-electron chi connectivity index (χ4n) is 2.94. The lowest BCUT2D eigenvalue weighted by molar-refractivity contribution is -0.141. The van der Waals surface area contributed by atoms with Crippen molar-refractivity contribution in [2.24, 2.45) is 0 Å². The molecule has 0 bridgehead atoms. The van der Waals surface area contributed by atoms with Crippen molar-refractivity contribution in [3.8, 4) is 5.75 Å². The number of halogens is 1. The Morgan fingerprint density at radius 1 is 1.38 bits per heavy atom. The highest BCUT2D eigenvalue weighted by Crippen LogP contribution is 2.25. The molecule has 2 amide bonds. The van der Waals surface area contributed by atoms with Crippen molar-refractivity contribution >= 4 is 17.5 Å². The van der Waals surface area contributed by atoms with Gasteiger partial charge in [0.2, 0.25) is 5.91 Å². The lowest BCUT2D eigenvalue weighted by Crippen LogP contribution is -2.47. The molecule has 1 atom stereocenters. The smallest absolute Gasteiger partial charge is 0.260 e. The highest BCUT2D eigenvalue weighted by atomic mass is 19.1. The van der Waals surface area contributed by atoms with Crippen LogP contribution in [-0.2, 0) is 14.3 Å². The maximum Gasteiger partial charge on any atom is 0.260 e. The van der Waals surface area contributed by atoms with Gasteiger partial charge in [-0.15, -0.1) is 0 Å². The third-order valence-electron chi connectivity index (χ3n) is 4.23. The van der Waals surface area contributed by atoms with E-state index in [0.717, 1.165) is 12.1 Å². The average Bonchev–Trinajstić information content (AvgIpc) is 3.06. The summed E-state index contributed by atoms with van der Waals surface area (Å²) in [6.07, 6.45) is 0.873. The molecule has 1 aromatic carbocycles. The second kappa shape index (κ2) is 7.61. The summed E-state index contributed by atoms with van der Waals surface area (Å²) in [5.74, 6) is 0.448. The number of hydrogen-bond acceptors (Lipinski definition) is 4. The first-order chi connectivity index (χ1) is 11.7. The first kappa shape index (κ1) is 16.7. The highest BCUT2D eigenvalue weighted by Gasteiger charge is 2.25. The molecule has 6 nitrogen and oxygen atoms in total. The van der Waals surface area contributed by atoms with Crippen LogP contribution in [0.25, 0.3) is 0 Å². The predicted octanol–water partition coefficient (Wildman–Crippen LogP) is 1.39. The number of hydrogen-bond donors (Lipinski definition) is 0. The molecular formula is C17H21FN2O4. The van der Waals surface area contributed by atoms with Gasteiger partial charge in [0.25, 0.3) is 5.91 Å². The zero-order valence-corrected chi connectivity index (χ0v) is 13.4. The van der Waals surface area contributed by atoms with Gasteiger partial charge >= 0.3 is 0 Å². The van der Waals surface area contributed by atoms with E-state index in [1.54, 1.807) is 28.0 Å². The molecule has 0 aromatic heterocycles. The summed E-state index contributed by atoms with van der Waals surface area (Å²) in [7, 11) is 0. The Hall–Kier alpha value is -2.15. The monoisotopic (exact) mass is 336 g/mol. The van der Waals surface area contributed by atoms with Crippen molar-refractivity contribution < 1.29 is 23.5 Å². The van der Waals surface area contributed by atoms with E-state index in [0.29, 0.717) is 31.9 Å². The van der Waals surface area contributed by atoms with Crippen molar-refractivity contribution in [2.45, 2.75) is 18.9 Å². The summed E-state index contributed by atoms with van der Waals surface area (Å²) < 4.78 is 23.4. The number of rotatable bonds is 5. The Balaban J connectivity index is 1.56. The van der Waals surface area contributed by atoms with E-state index in [4.69, 9.17) is 9.47 Å². The topological polar surface area (TPSA) is 59.1 Å². The molecule has 2 aliphatic rings. The molecule has 1 aromatic rings. The maximum atomic E-state index is 12.7. The molecule has 0 radical (unpaired) electrons. The van der Waals surface area contributed by atoms with Crippen LogP contribution in [-0.4, -0.2) is 62.3 Å². The standard InChI is InChI=1S/C17H21FN2O4/c18-10-15-11-19(7-8-23-15)17(22)12-24-14-4-1-3-13(9-14)20-6-2-5-16(20)21/h1,3-4,9,15H,2,5-8,10-12H2. The van der Waals surface area contributed by atoms with Crippen LogP contribution in [0.5, 0.6) is 5.75 Å². The molecule has 24 heavy (non-hydrogen) atoms. The van der Waals surface area contributed by atoms with Gasteiger partial charge in [-0.3, -0.25) is 9.59 Å². The molecular weight excluding hydrogens is 315 g/mol. The fraction of sp³-hybridized carbons (Fsp3) is 0.529. The number of ether oxygens (including phenoxy) is 2. The Morgan fingerprint density at radius 3 is 3.00 bits per heavy atom. The van der Waals surface area contributed by atoms with Crippen molar-refractivity contribution in [2.75, 3.05) is 44.4 Å². The van der Waals surface area contributed by atoms with Gasteiger partial charge in [0.15, 0.2) is 6.61 Å².